The van der Waals surface area contributed by atoms with E-state index in [1.54, 1.807) is 31.2 Å². The van der Waals surface area contributed by atoms with Gasteiger partial charge in [-0.2, -0.15) is 13.2 Å². The quantitative estimate of drug-likeness (QED) is 0.505. The first kappa shape index (κ1) is 19.7. The number of nitrogens with zero attached hydrogens (tertiary/aromatic N) is 2. The Morgan fingerprint density at radius 2 is 1.81 bits per heavy atom. The molecule has 1 aliphatic carbocycles. The van der Waals surface area contributed by atoms with Gasteiger partial charge in [0.05, 0.1) is 17.3 Å². The standard InChI is InChI=1S/C18H17ClF3IN2O/c1-10-15(23)17(26)25(12-8-6-11(19)7-9-12)16(24-10)13-4-2-3-5-14(13)18(20,21)22/h6-9,13-14H,2-5H2,1H3. The monoisotopic (exact) mass is 496 g/mol. The van der Waals surface area contributed by atoms with Crippen LogP contribution in [0.5, 0.6) is 0 Å². The molecular formula is C18H17ClF3IN2O. The summed E-state index contributed by atoms with van der Waals surface area (Å²) in [7, 11) is 0. The third-order valence-electron chi connectivity index (χ3n) is 4.82. The van der Waals surface area contributed by atoms with Crippen molar-refractivity contribution in [2.24, 2.45) is 5.92 Å². The summed E-state index contributed by atoms with van der Waals surface area (Å²) in [6, 6.07) is 6.49. The molecule has 1 aliphatic rings. The van der Waals surface area contributed by atoms with E-state index in [4.69, 9.17) is 11.6 Å². The second kappa shape index (κ2) is 7.50. The lowest BCUT2D eigenvalue weighted by atomic mass is 9.78. The van der Waals surface area contributed by atoms with Gasteiger partial charge in [-0.25, -0.2) is 4.98 Å². The van der Waals surface area contributed by atoms with Crippen molar-refractivity contribution in [1.82, 2.24) is 9.55 Å². The van der Waals surface area contributed by atoms with Crippen LogP contribution >= 0.6 is 34.2 Å². The predicted molar refractivity (Wildman–Crippen MR) is 103 cm³/mol. The lowest BCUT2D eigenvalue weighted by Gasteiger charge is -2.34. The van der Waals surface area contributed by atoms with E-state index in [9.17, 15) is 18.0 Å². The Labute approximate surface area is 167 Å². The van der Waals surface area contributed by atoms with Crippen LogP contribution in [0.15, 0.2) is 29.1 Å². The van der Waals surface area contributed by atoms with Crippen LogP contribution in [0.3, 0.4) is 0 Å². The maximum absolute atomic E-state index is 13.6. The maximum Gasteiger partial charge on any atom is 0.392 e. The second-order valence-corrected chi connectivity index (χ2v) is 8.04. The summed E-state index contributed by atoms with van der Waals surface area (Å²) in [4.78, 5) is 17.3. The molecule has 3 nitrogen and oxygen atoms in total. The number of halogens is 5. The Morgan fingerprint density at radius 1 is 1.19 bits per heavy atom. The van der Waals surface area contributed by atoms with Crippen LogP contribution in [0, 0.1) is 16.4 Å². The molecule has 1 fully saturated rings. The molecule has 1 aromatic carbocycles. The topological polar surface area (TPSA) is 34.9 Å². The average Bonchev–Trinajstić information content (AvgIpc) is 2.60. The lowest BCUT2D eigenvalue weighted by Crippen LogP contribution is -2.37. The van der Waals surface area contributed by atoms with Crippen molar-refractivity contribution >= 4 is 34.2 Å². The minimum absolute atomic E-state index is 0.0652. The van der Waals surface area contributed by atoms with Crippen molar-refractivity contribution in [1.29, 1.82) is 0 Å². The van der Waals surface area contributed by atoms with Crippen LogP contribution in [0.1, 0.15) is 43.1 Å². The van der Waals surface area contributed by atoms with Crippen molar-refractivity contribution in [3.05, 3.63) is 54.7 Å². The van der Waals surface area contributed by atoms with E-state index in [1.165, 1.54) is 4.57 Å². The lowest BCUT2D eigenvalue weighted by molar-refractivity contribution is -0.188. The van der Waals surface area contributed by atoms with Gasteiger partial charge >= 0.3 is 6.18 Å². The normalized spacial score (nSPS) is 21.0. The molecule has 0 spiro atoms. The number of hydrogen-bond donors (Lipinski definition) is 0. The summed E-state index contributed by atoms with van der Waals surface area (Å²) >= 11 is 7.81. The third kappa shape index (κ3) is 3.78. The zero-order chi connectivity index (χ0) is 19.1. The predicted octanol–water partition coefficient (Wildman–Crippen LogP) is 5.64. The first-order chi connectivity index (χ1) is 12.2. The molecule has 1 heterocycles. The molecule has 0 bridgehead atoms. The molecule has 1 aromatic heterocycles. The van der Waals surface area contributed by atoms with Crippen LogP contribution in [0.25, 0.3) is 5.69 Å². The molecule has 0 amide bonds. The fourth-order valence-electron chi connectivity index (χ4n) is 3.55. The van der Waals surface area contributed by atoms with Gasteiger partial charge in [0, 0.05) is 10.9 Å². The highest BCUT2D eigenvalue weighted by molar-refractivity contribution is 14.1. The average molecular weight is 497 g/mol. The minimum Gasteiger partial charge on any atom is -0.268 e. The largest absolute Gasteiger partial charge is 0.392 e. The summed E-state index contributed by atoms with van der Waals surface area (Å²) in [5, 5.41) is 0.490. The van der Waals surface area contributed by atoms with E-state index in [0.29, 0.717) is 39.2 Å². The smallest absolute Gasteiger partial charge is 0.268 e. The van der Waals surface area contributed by atoms with Crippen molar-refractivity contribution in [3.63, 3.8) is 0 Å². The van der Waals surface area contributed by atoms with Gasteiger partial charge < -0.3 is 0 Å². The molecule has 0 aliphatic heterocycles. The van der Waals surface area contributed by atoms with Gasteiger partial charge in [-0.05, 0) is 66.6 Å². The highest BCUT2D eigenvalue weighted by atomic mass is 127. The Hall–Kier alpha value is -1.09. The fourth-order valence-corrected chi connectivity index (χ4v) is 4.04. The summed E-state index contributed by atoms with van der Waals surface area (Å²) in [5.41, 5.74) is 0.593. The number of alkyl halides is 3. The third-order valence-corrected chi connectivity index (χ3v) is 6.32. The van der Waals surface area contributed by atoms with Crippen LogP contribution in [-0.2, 0) is 0 Å². The van der Waals surface area contributed by atoms with Gasteiger partial charge in [-0.1, -0.05) is 24.4 Å². The van der Waals surface area contributed by atoms with Crippen LogP contribution in [0.2, 0.25) is 5.02 Å². The number of aryl methyl sites for hydroxylation is 1. The van der Waals surface area contributed by atoms with E-state index in [2.05, 4.69) is 4.98 Å². The van der Waals surface area contributed by atoms with Gasteiger partial charge in [0.1, 0.15) is 9.39 Å². The molecule has 8 heteroatoms. The first-order valence-electron chi connectivity index (χ1n) is 8.32. The van der Waals surface area contributed by atoms with E-state index in [0.717, 1.165) is 0 Å². The molecule has 2 unspecified atom stereocenters. The highest BCUT2D eigenvalue weighted by Gasteiger charge is 2.47. The van der Waals surface area contributed by atoms with Gasteiger partial charge in [-0.3, -0.25) is 9.36 Å². The van der Waals surface area contributed by atoms with E-state index < -0.39 is 18.0 Å². The van der Waals surface area contributed by atoms with Gasteiger partial charge in [0.25, 0.3) is 5.56 Å². The molecule has 3 rings (SSSR count). The van der Waals surface area contributed by atoms with Crippen LogP contribution in [-0.4, -0.2) is 15.7 Å². The molecule has 0 radical (unpaired) electrons. The molecule has 140 valence electrons. The zero-order valence-corrected chi connectivity index (χ0v) is 16.9. The molecule has 2 aromatic rings. The molecule has 2 atom stereocenters. The number of benzene rings is 1. The molecule has 26 heavy (non-hydrogen) atoms. The van der Waals surface area contributed by atoms with Crippen molar-refractivity contribution < 1.29 is 13.2 Å². The van der Waals surface area contributed by atoms with Gasteiger partial charge in [-0.15, -0.1) is 0 Å². The SMILES string of the molecule is Cc1nc(C2CCCCC2C(F)(F)F)n(-c2ccc(Cl)cc2)c(=O)c1I. The van der Waals surface area contributed by atoms with Crippen LogP contribution < -0.4 is 5.56 Å². The number of hydrogen-bond acceptors (Lipinski definition) is 2. The molecule has 0 saturated heterocycles. The highest BCUT2D eigenvalue weighted by Crippen LogP contribution is 2.46. The van der Waals surface area contributed by atoms with Gasteiger partial charge in [0.15, 0.2) is 0 Å². The van der Waals surface area contributed by atoms with Gasteiger partial charge in [0.2, 0.25) is 0 Å². The minimum atomic E-state index is -4.31. The Bertz CT molecular complexity index is 864. The van der Waals surface area contributed by atoms with E-state index in [-0.39, 0.29) is 17.8 Å². The Kier molecular flexibility index (Phi) is 5.67. The molecule has 0 N–H and O–H groups in total. The fraction of sp³-hybridized carbons (Fsp3) is 0.444. The molecule has 1 saturated carbocycles. The maximum atomic E-state index is 13.6. The summed E-state index contributed by atoms with van der Waals surface area (Å²) in [5.74, 6) is -2.12. The second-order valence-electron chi connectivity index (χ2n) is 6.53. The first-order valence-corrected chi connectivity index (χ1v) is 9.77. The Morgan fingerprint density at radius 3 is 2.42 bits per heavy atom. The number of rotatable bonds is 2. The van der Waals surface area contributed by atoms with E-state index in [1.807, 2.05) is 22.6 Å². The summed E-state index contributed by atoms with van der Waals surface area (Å²) in [6.07, 6.45) is -2.65. The Balaban J connectivity index is 2.23. The zero-order valence-electron chi connectivity index (χ0n) is 14.0. The summed E-state index contributed by atoms with van der Waals surface area (Å²) in [6.45, 7) is 1.66. The molecular weight excluding hydrogens is 480 g/mol. The van der Waals surface area contributed by atoms with Crippen molar-refractivity contribution in [2.75, 3.05) is 0 Å². The van der Waals surface area contributed by atoms with Crippen molar-refractivity contribution in [2.45, 2.75) is 44.7 Å². The number of aromatic nitrogens is 2. The summed E-state index contributed by atoms with van der Waals surface area (Å²) < 4.78 is 42.6. The van der Waals surface area contributed by atoms with E-state index >= 15 is 0 Å². The van der Waals surface area contributed by atoms with Crippen molar-refractivity contribution in [3.8, 4) is 5.69 Å². The van der Waals surface area contributed by atoms with Crippen LogP contribution in [0.4, 0.5) is 13.2 Å².